The van der Waals surface area contributed by atoms with Gasteiger partial charge in [0.05, 0.1) is 10.6 Å². The molecule has 1 heterocycles. The van der Waals surface area contributed by atoms with Crippen LogP contribution in [0.15, 0.2) is 6.07 Å². The SMILES string of the molecule is CN1CC(CN)CC1c1c(O)c(Cl)cc(F)c1F. The van der Waals surface area contributed by atoms with E-state index in [9.17, 15) is 13.9 Å². The first kappa shape index (κ1) is 13.5. The zero-order valence-electron chi connectivity index (χ0n) is 9.96. The molecule has 0 aliphatic carbocycles. The van der Waals surface area contributed by atoms with E-state index in [0.717, 1.165) is 6.07 Å². The molecule has 1 saturated heterocycles. The first-order valence-electron chi connectivity index (χ1n) is 5.72. The van der Waals surface area contributed by atoms with Crippen molar-refractivity contribution in [2.45, 2.75) is 12.5 Å². The number of phenolic OH excluding ortho intramolecular Hbond substituents is 1. The molecule has 1 fully saturated rings. The minimum absolute atomic E-state index is 0.0709. The summed E-state index contributed by atoms with van der Waals surface area (Å²) >= 11 is 5.69. The predicted octanol–water partition coefficient (Wildman–Crippen LogP) is 2.28. The van der Waals surface area contributed by atoms with Crippen LogP contribution in [0, 0.1) is 17.6 Å². The van der Waals surface area contributed by atoms with Gasteiger partial charge in [0.15, 0.2) is 11.6 Å². The van der Waals surface area contributed by atoms with Crippen molar-refractivity contribution >= 4 is 11.6 Å². The second-order valence-electron chi connectivity index (χ2n) is 4.71. The number of rotatable bonds is 2. The number of nitrogens with two attached hydrogens (primary N) is 1. The van der Waals surface area contributed by atoms with Gasteiger partial charge in [0.2, 0.25) is 0 Å². The predicted molar refractivity (Wildman–Crippen MR) is 65.6 cm³/mol. The molecule has 2 rings (SSSR count). The maximum atomic E-state index is 13.8. The molecule has 0 spiro atoms. The molecule has 100 valence electrons. The maximum absolute atomic E-state index is 13.8. The highest BCUT2D eigenvalue weighted by Crippen LogP contribution is 2.42. The highest BCUT2D eigenvalue weighted by Gasteiger charge is 2.35. The van der Waals surface area contributed by atoms with Gasteiger partial charge in [-0.1, -0.05) is 11.6 Å². The van der Waals surface area contributed by atoms with E-state index in [0.29, 0.717) is 19.5 Å². The average Bonchev–Trinajstić information content (AvgIpc) is 2.69. The molecule has 1 aromatic carbocycles. The second kappa shape index (κ2) is 4.99. The number of benzene rings is 1. The first-order chi connectivity index (χ1) is 8.45. The number of hydrogen-bond donors (Lipinski definition) is 2. The minimum atomic E-state index is -1.04. The van der Waals surface area contributed by atoms with E-state index in [-0.39, 0.29) is 22.3 Å². The molecule has 1 aliphatic heterocycles. The van der Waals surface area contributed by atoms with E-state index in [2.05, 4.69) is 0 Å². The summed E-state index contributed by atoms with van der Waals surface area (Å²) in [4.78, 5) is 1.85. The van der Waals surface area contributed by atoms with Gasteiger partial charge in [0.1, 0.15) is 5.75 Å². The van der Waals surface area contributed by atoms with Crippen LogP contribution < -0.4 is 5.73 Å². The number of nitrogens with zero attached hydrogens (tertiary/aromatic N) is 1. The van der Waals surface area contributed by atoms with Gasteiger partial charge in [-0.2, -0.15) is 0 Å². The van der Waals surface area contributed by atoms with Gasteiger partial charge in [-0.25, -0.2) is 8.78 Å². The van der Waals surface area contributed by atoms with Crippen molar-refractivity contribution in [2.24, 2.45) is 11.7 Å². The molecular weight excluding hydrogens is 262 g/mol. The van der Waals surface area contributed by atoms with Crippen LogP contribution >= 0.6 is 11.6 Å². The Bertz CT molecular complexity index is 444. The Morgan fingerprint density at radius 3 is 2.78 bits per heavy atom. The van der Waals surface area contributed by atoms with Crippen molar-refractivity contribution in [1.82, 2.24) is 4.90 Å². The fourth-order valence-corrected chi connectivity index (χ4v) is 2.72. The molecule has 0 radical (unpaired) electrons. The number of likely N-dealkylation sites (tertiary alicyclic amines) is 1. The molecule has 0 amide bonds. The molecule has 2 unspecified atom stereocenters. The van der Waals surface area contributed by atoms with Crippen molar-refractivity contribution in [3.8, 4) is 5.75 Å². The van der Waals surface area contributed by atoms with Gasteiger partial charge in [-0.15, -0.1) is 0 Å². The third-order valence-corrected chi connectivity index (χ3v) is 3.77. The topological polar surface area (TPSA) is 49.5 Å². The van der Waals surface area contributed by atoms with E-state index in [1.807, 2.05) is 4.90 Å². The van der Waals surface area contributed by atoms with Crippen LogP contribution in [0.4, 0.5) is 8.78 Å². The van der Waals surface area contributed by atoms with Gasteiger partial charge < -0.3 is 10.8 Å². The minimum Gasteiger partial charge on any atom is -0.506 e. The Morgan fingerprint density at radius 1 is 1.56 bits per heavy atom. The third-order valence-electron chi connectivity index (χ3n) is 3.48. The summed E-state index contributed by atoms with van der Waals surface area (Å²) in [5.41, 5.74) is 5.52. The lowest BCUT2D eigenvalue weighted by Crippen LogP contribution is -2.21. The normalized spacial score (nSPS) is 24.7. The first-order valence-corrected chi connectivity index (χ1v) is 6.10. The van der Waals surface area contributed by atoms with Crippen molar-refractivity contribution in [3.05, 3.63) is 28.3 Å². The molecule has 0 bridgehead atoms. The van der Waals surface area contributed by atoms with E-state index in [4.69, 9.17) is 17.3 Å². The Kier molecular flexibility index (Phi) is 3.75. The van der Waals surface area contributed by atoms with Gasteiger partial charge >= 0.3 is 0 Å². The Labute approximate surface area is 109 Å². The lowest BCUT2D eigenvalue weighted by Gasteiger charge is -2.21. The fraction of sp³-hybridized carbons (Fsp3) is 0.500. The lowest BCUT2D eigenvalue weighted by molar-refractivity contribution is 0.294. The number of halogens is 3. The molecule has 3 N–H and O–H groups in total. The molecule has 0 aromatic heterocycles. The molecule has 1 aromatic rings. The largest absolute Gasteiger partial charge is 0.506 e. The van der Waals surface area contributed by atoms with Crippen LogP contribution in [-0.4, -0.2) is 30.1 Å². The molecule has 1 aliphatic rings. The Hall–Kier alpha value is -0.910. The molecule has 3 nitrogen and oxygen atoms in total. The summed E-state index contributed by atoms with van der Waals surface area (Å²) < 4.78 is 27.2. The summed E-state index contributed by atoms with van der Waals surface area (Å²) in [6, 6.07) is 0.386. The van der Waals surface area contributed by atoms with Crippen LogP contribution in [0.2, 0.25) is 5.02 Å². The van der Waals surface area contributed by atoms with Crippen LogP contribution in [0.1, 0.15) is 18.0 Å². The highest BCUT2D eigenvalue weighted by atomic mass is 35.5. The lowest BCUT2D eigenvalue weighted by atomic mass is 9.98. The average molecular weight is 277 g/mol. The van der Waals surface area contributed by atoms with Gasteiger partial charge in [0, 0.05) is 12.6 Å². The number of phenols is 1. The Morgan fingerprint density at radius 2 is 2.22 bits per heavy atom. The monoisotopic (exact) mass is 276 g/mol. The molecular formula is C12H15ClF2N2O. The van der Waals surface area contributed by atoms with Crippen LogP contribution in [0.3, 0.4) is 0 Å². The van der Waals surface area contributed by atoms with Gasteiger partial charge in [-0.3, -0.25) is 4.90 Å². The summed E-state index contributed by atoms with van der Waals surface area (Å²) in [5, 5.41) is 9.67. The Balaban J connectivity index is 2.45. The molecule has 6 heteroatoms. The highest BCUT2D eigenvalue weighted by molar-refractivity contribution is 6.32. The van der Waals surface area contributed by atoms with Gasteiger partial charge in [-0.05, 0) is 32.0 Å². The molecule has 0 saturated carbocycles. The standard InChI is InChI=1S/C12H15ClF2N2O/c1-17-5-6(4-16)2-9(17)10-11(15)8(14)3-7(13)12(10)18/h3,6,9,18H,2,4-5,16H2,1H3. The van der Waals surface area contributed by atoms with Crippen LogP contribution in [-0.2, 0) is 0 Å². The van der Waals surface area contributed by atoms with Crippen molar-refractivity contribution in [1.29, 1.82) is 0 Å². The zero-order chi connectivity index (χ0) is 13.4. The summed E-state index contributed by atoms with van der Waals surface area (Å²) in [7, 11) is 1.79. The third kappa shape index (κ3) is 2.18. The van der Waals surface area contributed by atoms with Crippen molar-refractivity contribution in [3.63, 3.8) is 0 Å². The van der Waals surface area contributed by atoms with Crippen LogP contribution in [0.5, 0.6) is 5.75 Å². The zero-order valence-corrected chi connectivity index (χ0v) is 10.7. The van der Waals surface area contributed by atoms with Crippen molar-refractivity contribution < 1.29 is 13.9 Å². The smallest absolute Gasteiger partial charge is 0.167 e. The van der Waals surface area contributed by atoms with Gasteiger partial charge in [0.25, 0.3) is 0 Å². The van der Waals surface area contributed by atoms with Crippen molar-refractivity contribution in [2.75, 3.05) is 20.1 Å². The summed E-state index contributed by atoms with van der Waals surface area (Å²) in [6.45, 7) is 1.17. The quantitative estimate of drug-likeness (QED) is 0.815. The summed E-state index contributed by atoms with van der Waals surface area (Å²) in [5.74, 6) is -2.25. The summed E-state index contributed by atoms with van der Waals surface area (Å²) in [6.07, 6.45) is 0.581. The number of hydrogen-bond acceptors (Lipinski definition) is 3. The van der Waals surface area contributed by atoms with E-state index in [1.54, 1.807) is 7.05 Å². The van der Waals surface area contributed by atoms with E-state index >= 15 is 0 Å². The molecule has 18 heavy (non-hydrogen) atoms. The fourth-order valence-electron chi connectivity index (χ4n) is 2.52. The van der Waals surface area contributed by atoms with E-state index < -0.39 is 17.7 Å². The van der Waals surface area contributed by atoms with Crippen LogP contribution in [0.25, 0.3) is 0 Å². The molecule has 2 atom stereocenters. The number of aromatic hydroxyl groups is 1. The van der Waals surface area contributed by atoms with E-state index in [1.165, 1.54) is 0 Å². The maximum Gasteiger partial charge on any atom is 0.167 e. The second-order valence-corrected chi connectivity index (χ2v) is 5.12.